The molecule has 0 unspecified atom stereocenters. The van der Waals surface area contributed by atoms with Crippen molar-refractivity contribution in [3.05, 3.63) is 29.8 Å². The Morgan fingerprint density at radius 3 is 1.60 bits per heavy atom. The van der Waals surface area contributed by atoms with Gasteiger partial charge in [-0.2, -0.15) is 0 Å². The maximum atomic E-state index is 10.4. The highest BCUT2D eigenvalue weighted by Crippen LogP contribution is 2.13. The molecule has 6 heteroatoms. The molecular formula is C24H45NO4S. The Hall–Kier alpha value is -0.950. The van der Waals surface area contributed by atoms with Crippen LogP contribution in [0.4, 0.5) is 0 Å². The molecule has 0 aliphatic rings. The quantitative estimate of drug-likeness (QED) is 0.228. The minimum atomic E-state index is -4.27. The first kappa shape index (κ1) is 29.1. The summed E-state index contributed by atoms with van der Waals surface area (Å²) in [6, 6.07) is 5.78. The number of benzene rings is 1. The first-order valence-corrected chi connectivity index (χ1v) is 13.1. The molecule has 1 aromatic carbocycles. The van der Waals surface area contributed by atoms with Gasteiger partial charge < -0.3 is 14.1 Å². The number of nitrogens with zero attached hydrogens (tertiary/aromatic N) is 1. The second kappa shape index (κ2) is 16.7. The second-order valence-electron chi connectivity index (χ2n) is 8.61. The molecule has 1 aromatic rings. The summed E-state index contributed by atoms with van der Waals surface area (Å²) in [4.78, 5) is -0.178. The minimum absolute atomic E-state index is 0.178. The van der Waals surface area contributed by atoms with Crippen LogP contribution in [0.3, 0.4) is 0 Å². The van der Waals surface area contributed by atoms with Crippen LogP contribution < -0.4 is 0 Å². The van der Waals surface area contributed by atoms with Gasteiger partial charge in [0.15, 0.2) is 0 Å². The van der Waals surface area contributed by atoms with Crippen molar-refractivity contribution >= 4 is 10.1 Å². The van der Waals surface area contributed by atoms with Crippen LogP contribution in [0.25, 0.3) is 0 Å². The molecule has 0 aromatic heterocycles. The molecular weight excluding hydrogens is 398 g/mol. The van der Waals surface area contributed by atoms with Crippen molar-refractivity contribution in [3.8, 4) is 0 Å². The maximum Gasteiger partial charge on any atom is 0.124 e. The standard InChI is InChI=1S/C17H38NO.C7H8O3S/c1-4-6-8-10-14-18(3,16-12-13-17-19)15-11-9-7-5-2;1-6-2-4-7(5-3-6)11(8,9)10/h19H,4-17H2,1-3H3;2-5H,1H3,(H,8,9,10)/q+1;/p-1. The van der Waals surface area contributed by atoms with Crippen LogP contribution in [-0.2, 0) is 10.1 Å². The van der Waals surface area contributed by atoms with Gasteiger partial charge in [0.2, 0.25) is 0 Å². The van der Waals surface area contributed by atoms with E-state index >= 15 is 0 Å². The number of quaternary nitrogens is 1. The average Bonchev–Trinajstić information content (AvgIpc) is 2.69. The van der Waals surface area contributed by atoms with Gasteiger partial charge in [-0.15, -0.1) is 0 Å². The topological polar surface area (TPSA) is 77.4 Å². The summed E-state index contributed by atoms with van der Waals surface area (Å²) >= 11 is 0. The summed E-state index contributed by atoms with van der Waals surface area (Å²) in [7, 11) is -1.84. The van der Waals surface area contributed by atoms with Gasteiger partial charge in [0, 0.05) is 6.61 Å². The van der Waals surface area contributed by atoms with Crippen molar-refractivity contribution in [1.82, 2.24) is 0 Å². The van der Waals surface area contributed by atoms with Crippen LogP contribution in [0.15, 0.2) is 29.2 Å². The lowest BCUT2D eigenvalue weighted by atomic mass is 10.1. The van der Waals surface area contributed by atoms with Crippen molar-refractivity contribution in [3.63, 3.8) is 0 Å². The molecule has 0 saturated carbocycles. The minimum Gasteiger partial charge on any atom is -0.744 e. The van der Waals surface area contributed by atoms with Gasteiger partial charge in [-0.05, 0) is 57.6 Å². The molecule has 0 saturated heterocycles. The largest absolute Gasteiger partial charge is 0.744 e. The van der Waals surface area contributed by atoms with Crippen LogP contribution >= 0.6 is 0 Å². The van der Waals surface area contributed by atoms with E-state index in [-0.39, 0.29) is 4.90 Å². The van der Waals surface area contributed by atoms with Crippen molar-refractivity contribution in [2.24, 2.45) is 0 Å². The number of aliphatic hydroxyl groups excluding tert-OH is 1. The van der Waals surface area contributed by atoms with E-state index in [1.807, 2.05) is 6.92 Å². The van der Waals surface area contributed by atoms with Gasteiger partial charge in [-0.25, -0.2) is 8.42 Å². The lowest BCUT2D eigenvalue weighted by molar-refractivity contribution is -0.910. The number of rotatable bonds is 15. The molecule has 1 N–H and O–H groups in total. The van der Waals surface area contributed by atoms with Crippen molar-refractivity contribution in [2.45, 2.75) is 89.9 Å². The number of aryl methyl sites for hydroxylation is 1. The fourth-order valence-electron chi connectivity index (χ4n) is 3.49. The summed E-state index contributed by atoms with van der Waals surface area (Å²) in [6.45, 7) is 10.6. The van der Waals surface area contributed by atoms with Crippen LogP contribution in [0, 0.1) is 6.92 Å². The molecule has 0 atom stereocenters. The number of hydrogen-bond donors (Lipinski definition) is 1. The highest BCUT2D eigenvalue weighted by molar-refractivity contribution is 7.85. The summed E-state index contributed by atoms with van der Waals surface area (Å²) in [5.41, 5.74) is 0.928. The number of aliphatic hydroxyl groups is 1. The van der Waals surface area contributed by atoms with Gasteiger partial charge in [-0.3, -0.25) is 0 Å². The van der Waals surface area contributed by atoms with Crippen molar-refractivity contribution in [1.29, 1.82) is 0 Å². The highest BCUT2D eigenvalue weighted by Gasteiger charge is 2.19. The Bertz CT molecular complexity index is 617. The van der Waals surface area contributed by atoms with E-state index in [0.29, 0.717) is 6.61 Å². The molecule has 0 aliphatic carbocycles. The zero-order valence-electron chi connectivity index (χ0n) is 19.7. The van der Waals surface area contributed by atoms with Gasteiger partial charge in [0.05, 0.1) is 31.6 Å². The fourth-order valence-corrected chi connectivity index (χ4v) is 3.96. The zero-order valence-corrected chi connectivity index (χ0v) is 20.6. The van der Waals surface area contributed by atoms with E-state index in [0.717, 1.165) is 12.0 Å². The van der Waals surface area contributed by atoms with E-state index < -0.39 is 10.1 Å². The Morgan fingerprint density at radius 2 is 1.23 bits per heavy atom. The van der Waals surface area contributed by atoms with E-state index in [1.165, 1.54) is 94.0 Å². The number of hydrogen-bond acceptors (Lipinski definition) is 4. The van der Waals surface area contributed by atoms with Crippen molar-refractivity contribution < 1.29 is 22.6 Å². The predicted molar refractivity (Wildman–Crippen MR) is 125 cm³/mol. The molecule has 30 heavy (non-hydrogen) atoms. The summed E-state index contributed by atoms with van der Waals surface area (Å²) in [5, 5.41) is 8.95. The highest BCUT2D eigenvalue weighted by atomic mass is 32.2. The summed E-state index contributed by atoms with van der Waals surface area (Å²) < 4.78 is 32.4. The van der Waals surface area contributed by atoms with Crippen LogP contribution in [0.5, 0.6) is 0 Å². The van der Waals surface area contributed by atoms with Gasteiger partial charge >= 0.3 is 0 Å². The molecule has 0 spiro atoms. The lowest BCUT2D eigenvalue weighted by Crippen LogP contribution is -2.46. The van der Waals surface area contributed by atoms with E-state index in [1.54, 1.807) is 12.1 Å². The summed E-state index contributed by atoms with van der Waals surface area (Å²) in [5.74, 6) is 0. The molecule has 5 nitrogen and oxygen atoms in total. The van der Waals surface area contributed by atoms with Crippen LogP contribution in [0.1, 0.15) is 83.6 Å². The Kier molecular flexibility index (Phi) is 16.2. The Labute approximate surface area is 185 Å². The molecule has 1 rings (SSSR count). The van der Waals surface area contributed by atoms with Crippen molar-refractivity contribution in [2.75, 3.05) is 33.3 Å². The van der Waals surface area contributed by atoms with Gasteiger partial charge in [-0.1, -0.05) is 57.2 Å². The molecule has 176 valence electrons. The predicted octanol–water partition coefficient (Wildman–Crippen LogP) is 5.27. The molecule has 0 bridgehead atoms. The first-order chi connectivity index (χ1) is 14.2. The summed E-state index contributed by atoms with van der Waals surface area (Å²) in [6.07, 6.45) is 13.1. The van der Waals surface area contributed by atoms with E-state index in [4.69, 9.17) is 5.11 Å². The SMILES string of the molecule is CCCCCC[N+](C)(CCCCO)CCCCCC.Cc1ccc(S(=O)(=O)[O-])cc1. The third-order valence-corrected chi connectivity index (χ3v) is 6.37. The maximum absolute atomic E-state index is 10.4. The normalized spacial score (nSPS) is 11.8. The van der Waals surface area contributed by atoms with Gasteiger partial charge in [0.1, 0.15) is 10.1 Å². The van der Waals surface area contributed by atoms with Gasteiger partial charge in [0.25, 0.3) is 0 Å². The molecule has 0 amide bonds. The number of unbranched alkanes of at least 4 members (excludes halogenated alkanes) is 7. The third kappa shape index (κ3) is 14.9. The molecule has 0 aliphatic heterocycles. The monoisotopic (exact) mass is 443 g/mol. The van der Waals surface area contributed by atoms with Crippen LogP contribution in [-0.4, -0.2) is 55.8 Å². The third-order valence-electron chi connectivity index (χ3n) is 5.52. The second-order valence-corrected chi connectivity index (χ2v) is 9.99. The fraction of sp³-hybridized carbons (Fsp3) is 0.750. The average molecular weight is 444 g/mol. The lowest BCUT2D eigenvalue weighted by Gasteiger charge is -2.35. The molecule has 0 radical (unpaired) electrons. The smallest absolute Gasteiger partial charge is 0.124 e. The van der Waals surface area contributed by atoms with E-state index in [2.05, 4.69) is 20.9 Å². The molecule has 0 heterocycles. The van der Waals surface area contributed by atoms with Crippen LogP contribution in [0.2, 0.25) is 0 Å². The molecule has 0 fully saturated rings. The Balaban J connectivity index is 0.000000642. The Morgan fingerprint density at radius 1 is 0.800 bits per heavy atom. The first-order valence-electron chi connectivity index (χ1n) is 11.7. The zero-order chi connectivity index (χ0) is 22.9. The van der Waals surface area contributed by atoms with E-state index in [9.17, 15) is 13.0 Å².